The molecule has 0 spiro atoms. The van der Waals surface area contributed by atoms with Gasteiger partial charge in [-0.05, 0) is 18.9 Å². The van der Waals surface area contributed by atoms with Crippen LogP contribution in [0, 0.1) is 5.92 Å². The maximum absolute atomic E-state index is 12.9. The van der Waals surface area contributed by atoms with Crippen molar-refractivity contribution < 1.29 is 14.3 Å². The highest BCUT2D eigenvalue weighted by Crippen LogP contribution is 2.18. The summed E-state index contributed by atoms with van der Waals surface area (Å²) in [6.07, 6.45) is 6.17. The standard InChI is InChI=1S/C26H33NO3S/c1-3-4-5-6-13-18-23(27-25(31)22-16-11-8-12-17-22)24(20(2)28)26(29)30-19-21-14-9-7-10-15-21/h7-12,14-17,23-24H,3-6,13,18-19H2,1-2H3,(H,27,31). The van der Waals surface area contributed by atoms with Crippen LogP contribution in [0.2, 0.25) is 0 Å². The van der Waals surface area contributed by atoms with Gasteiger partial charge in [-0.15, -0.1) is 0 Å². The third kappa shape index (κ3) is 8.62. The van der Waals surface area contributed by atoms with Gasteiger partial charge >= 0.3 is 5.97 Å². The van der Waals surface area contributed by atoms with Gasteiger partial charge in [0.1, 0.15) is 23.3 Å². The van der Waals surface area contributed by atoms with Crippen LogP contribution in [-0.2, 0) is 20.9 Å². The van der Waals surface area contributed by atoms with Crippen LogP contribution in [0.1, 0.15) is 63.5 Å². The Morgan fingerprint density at radius 2 is 1.55 bits per heavy atom. The Kier molecular flexibility index (Phi) is 10.9. The van der Waals surface area contributed by atoms with Crippen molar-refractivity contribution in [2.45, 2.75) is 65.0 Å². The summed E-state index contributed by atoms with van der Waals surface area (Å²) in [7, 11) is 0. The first kappa shape index (κ1) is 24.7. The van der Waals surface area contributed by atoms with Crippen LogP contribution in [0.4, 0.5) is 0 Å². The molecule has 2 rings (SSSR count). The molecule has 2 atom stereocenters. The molecular formula is C26H33NO3S. The van der Waals surface area contributed by atoms with Gasteiger partial charge in [0.25, 0.3) is 0 Å². The maximum atomic E-state index is 12.9. The van der Waals surface area contributed by atoms with Crippen LogP contribution in [0.25, 0.3) is 0 Å². The Balaban J connectivity index is 2.10. The molecule has 0 heterocycles. The second kappa shape index (κ2) is 13.7. The first-order valence-corrected chi connectivity index (χ1v) is 11.5. The number of thiocarbonyl (C=S) groups is 1. The molecule has 0 aliphatic rings. The number of carbonyl (C=O) groups is 2. The van der Waals surface area contributed by atoms with Gasteiger partial charge in [0, 0.05) is 11.6 Å². The van der Waals surface area contributed by atoms with Crippen molar-refractivity contribution in [2.75, 3.05) is 0 Å². The molecule has 0 aromatic heterocycles. The minimum Gasteiger partial charge on any atom is -0.460 e. The predicted octanol–water partition coefficient (Wildman–Crippen LogP) is 5.63. The van der Waals surface area contributed by atoms with Crippen molar-refractivity contribution in [3.05, 3.63) is 71.8 Å². The van der Waals surface area contributed by atoms with Crippen molar-refractivity contribution in [3.63, 3.8) is 0 Å². The van der Waals surface area contributed by atoms with E-state index in [0.29, 0.717) is 11.4 Å². The minimum atomic E-state index is -0.892. The van der Waals surface area contributed by atoms with E-state index in [1.54, 1.807) is 0 Å². The molecule has 0 saturated heterocycles. The van der Waals surface area contributed by atoms with E-state index < -0.39 is 17.9 Å². The molecule has 0 aliphatic heterocycles. The molecule has 0 fully saturated rings. The monoisotopic (exact) mass is 439 g/mol. The summed E-state index contributed by atoms with van der Waals surface area (Å²) in [5.74, 6) is -1.60. The van der Waals surface area contributed by atoms with Gasteiger partial charge in [-0.25, -0.2) is 0 Å². The lowest BCUT2D eigenvalue weighted by molar-refractivity contribution is -0.154. The van der Waals surface area contributed by atoms with Crippen LogP contribution >= 0.6 is 12.2 Å². The number of esters is 1. The zero-order valence-corrected chi connectivity index (χ0v) is 19.3. The number of hydrogen-bond acceptors (Lipinski definition) is 4. The van der Waals surface area contributed by atoms with E-state index in [4.69, 9.17) is 17.0 Å². The molecule has 5 heteroatoms. The van der Waals surface area contributed by atoms with E-state index in [1.165, 1.54) is 19.8 Å². The van der Waals surface area contributed by atoms with Crippen LogP contribution in [0.3, 0.4) is 0 Å². The van der Waals surface area contributed by atoms with Crippen molar-refractivity contribution in [2.24, 2.45) is 5.92 Å². The Hall–Kier alpha value is -2.53. The lowest BCUT2D eigenvalue weighted by atomic mass is 9.91. The highest BCUT2D eigenvalue weighted by Gasteiger charge is 2.34. The Morgan fingerprint density at radius 1 is 0.935 bits per heavy atom. The molecule has 166 valence electrons. The van der Waals surface area contributed by atoms with Crippen molar-refractivity contribution in [1.82, 2.24) is 5.32 Å². The minimum absolute atomic E-state index is 0.149. The Morgan fingerprint density at radius 3 is 2.16 bits per heavy atom. The van der Waals surface area contributed by atoms with Crippen molar-refractivity contribution >= 4 is 29.0 Å². The first-order chi connectivity index (χ1) is 15.0. The highest BCUT2D eigenvalue weighted by atomic mass is 32.1. The van der Waals surface area contributed by atoms with Crippen LogP contribution < -0.4 is 5.32 Å². The molecular weight excluding hydrogens is 406 g/mol. The second-order valence-electron chi connectivity index (χ2n) is 7.83. The third-order valence-corrected chi connectivity index (χ3v) is 5.64. The SMILES string of the molecule is CCCCCCCC(NC(=S)c1ccccc1)C(C(C)=O)C(=O)OCc1ccccc1. The fourth-order valence-electron chi connectivity index (χ4n) is 3.56. The highest BCUT2D eigenvalue weighted by molar-refractivity contribution is 7.80. The normalized spacial score (nSPS) is 12.6. The molecule has 2 aromatic rings. The number of nitrogens with one attached hydrogen (secondary N) is 1. The average molecular weight is 440 g/mol. The first-order valence-electron chi connectivity index (χ1n) is 11.1. The molecule has 0 bridgehead atoms. The van der Waals surface area contributed by atoms with Crippen molar-refractivity contribution in [1.29, 1.82) is 0 Å². The van der Waals surface area contributed by atoms with E-state index in [1.807, 2.05) is 60.7 Å². The second-order valence-corrected chi connectivity index (χ2v) is 8.24. The number of carbonyl (C=O) groups excluding carboxylic acids is 2. The number of rotatable bonds is 13. The van der Waals surface area contributed by atoms with E-state index in [9.17, 15) is 9.59 Å². The predicted molar refractivity (Wildman–Crippen MR) is 129 cm³/mol. The number of ketones is 1. The van der Waals surface area contributed by atoms with E-state index in [-0.39, 0.29) is 12.4 Å². The summed E-state index contributed by atoms with van der Waals surface area (Å²) in [5.41, 5.74) is 1.76. The zero-order valence-electron chi connectivity index (χ0n) is 18.5. The molecule has 0 amide bonds. The quantitative estimate of drug-likeness (QED) is 0.190. The third-order valence-electron chi connectivity index (χ3n) is 5.29. The molecule has 2 aromatic carbocycles. The van der Waals surface area contributed by atoms with Crippen LogP contribution in [-0.4, -0.2) is 22.8 Å². The summed E-state index contributed by atoms with van der Waals surface area (Å²) < 4.78 is 5.52. The molecule has 31 heavy (non-hydrogen) atoms. The summed E-state index contributed by atoms with van der Waals surface area (Å²) >= 11 is 5.58. The van der Waals surface area contributed by atoms with Gasteiger partial charge in [-0.3, -0.25) is 9.59 Å². The molecule has 1 N–H and O–H groups in total. The van der Waals surface area contributed by atoms with Crippen molar-refractivity contribution in [3.8, 4) is 0 Å². The van der Waals surface area contributed by atoms with E-state index in [0.717, 1.165) is 30.4 Å². The number of benzene rings is 2. The van der Waals surface area contributed by atoms with Crippen LogP contribution in [0.15, 0.2) is 60.7 Å². The molecule has 2 unspecified atom stereocenters. The molecule has 0 saturated carbocycles. The number of hydrogen-bond donors (Lipinski definition) is 1. The number of ether oxygens (including phenoxy) is 1. The molecule has 0 radical (unpaired) electrons. The van der Waals surface area contributed by atoms with Gasteiger partial charge in [-0.2, -0.15) is 0 Å². The fraction of sp³-hybridized carbons (Fsp3) is 0.423. The smallest absolute Gasteiger partial charge is 0.318 e. The zero-order chi connectivity index (χ0) is 22.5. The molecule has 0 aliphatic carbocycles. The lowest BCUT2D eigenvalue weighted by Gasteiger charge is -2.26. The van der Waals surface area contributed by atoms with Gasteiger partial charge in [0.2, 0.25) is 0 Å². The fourth-order valence-corrected chi connectivity index (χ4v) is 3.85. The number of unbranched alkanes of at least 4 members (excludes halogenated alkanes) is 4. The van der Waals surface area contributed by atoms with Crippen LogP contribution in [0.5, 0.6) is 0 Å². The Bertz CT molecular complexity index is 823. The summed E-state index contributed by atoms with van der Waals surface area (Å²) in [6, 6.07) is 18.7. The summed E-state index contributed by atoms with van der Waals surface area (Å²) in [4.78, 5) is 26.0. The maximum Gasteiger partial charge on any atom is 0.318 e. The van der Waals surface area contributed by atoms with Gasteiger partial charge < -0.3 is 10.1 Å². The number of Topliss-reactive ketones (excluding diaryl/α,β-unsaturated/α-hetero) is 1. The Labute approximate surface area is 191 Å². The van der Waals surface area contributed by atoms with Gasteiger partial charge in [0.15, 0.2) is 0 Å². The van der Waals surface area contributed by atoms with E-state index in [2.05, 4.69) is 12.2 Å². The topological polar surface area (TPSA) is 55.4 Å². The largest absolute Gasteiger partial charge is 0.460 e. The summed E-state index contributed by atoms with van der Waals surface area (Å²) in [5, 5.41) is 3.29. The summed E-state index contributed by atoms with van der Waals surface area (Å²) in [6.45, 7) is 3.78. The molecule has 4 nitrogen and oxygen atoms in total. The lowest BCUT2D eigenvalue weighted by Crippen LogP contribution is -2.46. The van der Waals surface area contributed by atoms with Gasteiger partial charge in [0.05, 0.1) is 0 Å². The average Bonchev–Trinajstić information content (AvgIpc) is 2.78. The van der Waals surface area contributed by atoms with E-state index >= 15 is 0 Å². The van der Waals surface area contributed by atoms with Gasteiger partial charge in [-0.1, -0.05) is 112 Å².